The Bertz CT molecular complexity index is 1670. The van der Waals surface area contributed by atoms with Crippen LogP contribution in [0.1, 0.15) is 47.4 Å². The van der Waals surface area contributed by atoms with E-state index in [0.29, 0.717) is 28.2 Å². The number of hydrogen-bond acceptors (Lipinski definition) is 5. The van der Waals surface area contributed by atoms with E-state index in [4.69, 9.17) is 0 Å². The summed E-state index contributed by atoms with van der Waals surface area (Å²) in [5, 5.41) is 18.7. The molecule has 3 N–H and O–H groups in total. The molecular weight excluding hydrogens is 543 g/mol. The summed E-state index contributed by atoms with van der Waals surface area (Å²) in [6, 6.07) is 10.7. The molecule has 2 atom stereocenters. The molecule has 1 aliphatic rings. The van der Waals surface area contributed by atoms with Crippen molar-refractivity contribution >= 4 is 11.0 Å². The number of aliphatic hydroxyl groups excluding tert-OH is 1. The van der Waals surface area contributed by atoms with E-state index in [1.165, 1.54) is 16.8 Å². The van der Waals surface area contributed by atoms with Crippen molar-refractivity contribution in [1.29, 1.82) is 0 Å². The van der Waals surface area contributed by atoms with Crippen LogP contribution in [0.2, 0.25) is 0 Å². The molecule has 6 rings (SSSR count). The molecule has 4 aromatic heterocycles. The van der Waals surface area contributed by atoms with E-state index in [1.54, 1.807) is 24.7 Å². The third kappa shape index (κ3) is 5.98. The number of rotatable bonds is 9. The molecule has 1 saturated carbocycles. The Morgan fingerprint density at radius 2 is 1.83 bits per heavy atom. The van der Waals surface area contributed by atoms with Crippen LogP contribution in [0.5, 0.6) is 0 Å². The summed E-state index contributed by atoms with van der Waals surface area (Å²) < 4.78 is 69.5. The van der Waals surface area contributed by atoms with E-state index < -0.39 is 35.8 Å². The minimum Gasteiger partial charge on any atom is -0.377 e. The van der Waals surface area contributed by atoms with E-state index in [9.17, 15) is 27.1 Å². The molecule has 1 aliphatic carbocycles. The highest BCUT2D eigenvalue weighted by atomic mass is 19.4. The molecule has 0 radical (unpaired) electrons. The van der Waals surface area contributed by atoms with Gasteiger partial charge in [0.05, 0.1) is 18.3 Å². The molecule has 4 heterocycles. The number of pyridine rings is 2. The van der Waals surface area contributed by atoms with Gasteiger partial charge in [-0.3, -0.25) is 15.0 Å². The fourth-order valence-electron chi connectivity index (χ4n) is 5.10. The van der Waals surface area contributed by atoms with Gasteiger partial charge in [-0.25, -0.2) is 13.8 Å². The van der Waals surface area contributed by atoms with Gasteiger partial charge in [0.1, 0.15) is 23.5 Å². The fourth-order valence-corrected chi connectivity index (χ4v) is 5.10. The summed E-state index contributed by atoms with van der Waals surface area (Å²) in [5.74, 6) is -1.56. The molecule has 0 bridgehead atoms. The molecule has 12 heteroatoms. The number of aromatic nitrogens is 5. The molecule has 0 saturated heterocycles. The minimum atomic E-state index is -4.62. The van der Waals surface area contributed by atoms with Crippen molar-refractivity contribution in [3.8, 4) is 11.1 Å². The summed E-state index contributed by atoms with van der Waals surface area (Å²) in [6.45, 7) is -0.269. The first-order valence-electron chi connectivity index (χ1n) is 13.1. The normalized spacial score (nSPS) is 15.4. The molecule has 0 spiro atoms. The number of aliphatic hydroxyl groups is 1. The molecule has 2 unspecified atom stereocenters. The van der Waals surface area contributed by atoms with Gasteiger partial charge in [0.15, 0.2) is 5.69 Å². The zero-order valence-corrected chi connectivity index (χ0v) is 21.5. The van der Waals surface area contributed by atoms with Gasteiger partial charge in [-0.05, 0) is 61.2 Å². The first-order chi connectivity index (χ1) is 19.6. The van der Waals surface area contributed by atoms with Crippen molar-refractivity contribution in [2.75, 3.05) is 0 Å². The van der Waals surface area contributed by atoms with Crippen LogP contribution in [0, 0.1) is 11.6 Å². The van der Waals surface area contributed by atoms with Crippen molar-refractivity contribution in [3.05, 3.63) is 101 Å². The maximum atomic E-state index is 14.1. The summed E-state index contributed by atoms with van der Waals surface area (Å²) in [5.41, 5.74) is 2.26. The van der Waals surface area contributed by atoms with Crippen LogP contribution in [0.25, 0.3) is 22.2 Å². The van der Waals surface area contributed by atoms with Gasteiger partial charge in [-0.1, -0.05) is 6.07 Å². The Labute approximate surface area is 231 Å². The summed E-state index contributed by atoms with van der Waals surface area (Å²) in [7, 11) is 0. The van der Waals surface area contributed by atoms with E-state index in [2.05, 4.69) is 25.4 Å². The SMILES string of the molecule is OC(Cn1nc(C(F)(F)F)cc1C1CC1)NC(Cc1cc(F)cc(F)c1)c1ncccc1-c1cnc2[nH]ccc2c1. The number of hydrogen-bond donors (Lipinski definition) is 3. The second-order valence-electron chi connectivity index (χ2n) is 10.2. The standard InChI is InChI=1S/C29H25F5N6O/c30-20-8-16(9-21(31)12-20)10-23(27-22(2-1-6-35-27)19-11-18-5-7-36-28(18)37-14-19)38-26(41)15-40-24(17-3-4-17)13-25(39-40)29(32,33)34/h1-2,5-9,11-14,17,23,26,38,41H,3-4,10,15H2,(H,36,37). The van der Waals surface area contributed by atoms with Crippen LogP contribution in [-0.4, -0.2) is 36.1 Å². The number of nitrogens with one attached hydrogen (secondary N) is 2. The quantitative estimate of drug-likeness (QED) is 0.152. The van der Waals surface area contributed by atoms with Gasteiger partial charge < -0.3 is 10.1 Å². The highest BCUT2D eigenvalue weighted by Crippen LogP contribution is 2.42. The van der Waals surface area contributed by atoms with Crippen molar-refractivity contribution in [1.82, 2.24) is 30.0 Å². The Kier molecular flexibility index (Phi) is 7.04. The Balaban J connectivity index is 1.34. The average molecular weight is 569 g/mol. The monoisotopic (exact) mass is 568 g/mol. The lowest BCUT2D eigenvalue weighted by molar-refractivity contribution is -0.141. The largest absolute Gasteiger partial charge is 0.435 e. The zero-order chi connectivity index (χ0) is 28.7. The smallest absolute Gasteiger partial charge is 0.377 e. The van der Waals surface area contributed by atoms with E-state index in [1.807, 2.05) is 18.2 Å². The summed E-state index contributed by atoms with van der Waals surface area (Å²) in [6.07, 6.45) is 0.528. The molecule has 1 aromatic carbocycles. The van der Waals surface area contributed by atoms with Crippen molar-refractivity contribution in [3.63, 3.8) is 0 Å². The lowest BCUT2D eigenvalue weighted by atomic mass is 9.95. The molecule has 0 amide bonds. The number of fused-ring (bicyclic) bond motifs is 1. The zero-order valence-electron chi connectivity index (χ0n) is 21.5. The van der Waals surface area contributed by atoms with Gasteiger partial charge in [0, 0.05) is 52.8 Å². The second-order valence-corrected chi connectivity index (χ2v) is 10.2. The third-order valence-corrected chi connectivity index (χ3v) is 7.08. The molecule has 0 aliphatic heterocycles. The number of aromatic amines is 1. The predicted octanol–water partition coefficient (Wildman–Crippen LogP) is 5.89. The summed E-state index contributed by atoms with van der Waals surface area (Å²) in [4.78, 5) is 12.0. The maximum absolute atomic E-state index is 14.1. The Morgan fingerprint density at radius 3 is 2.56 bits per heavy atom. The van der Waals surface area contributed by atoms with E-state index in [0.717, 1.165) is 35.9 Å². The second kappa shape index (κ2) is 10.7. The predicted molar refractivity (Wildman–Crippen MR) is 140 cm³/mol. The van der Waals surface area contributed by atoms with Gasteiger partial charge in [0.25, 0.3) is 0 Å². The van der Waals surface area contributed by atoms with Crippen molar-refractivity contribution in [2.24, 2.45) is 0 Å². The van der Waals surface area contributed by atoms with Crippen LogP contribution >= 0.6 is 0 Å². The Hall–Kier alpha value is -4.16. The van der Waals surface area contributed by atoms with E-state index in [-0.39, 0.29) is 18.9 Å². The van der Waals surface area contributed by atoms with Gasteiger partial charge in [0.2, 0.25) is 0 Å². The van der Waals surface area contributed by atoms with Gasteiger partial charge in [-0.15, -0.1) is 0 Å². The lowest BCUT2D eigenvalue weighted by Gasteiger charge is -2.25. The highest BCUT2D eigenvalue weighted by molar-refractivity contribution is 5.81. The number of alkyl halides is 3. The Morgan fingerprint density at radius 1 is 1.05 bits per heavy atom. The molecule has 1 fully saturated rings. The van der Waals surface area contributed by atoms with Crippen LogP contribution in [-0.2, 0) is 19.1 Å². The lowest BCUT2D eigenvalue weighted by Crippen LogP contribution is -2.38. The molecule has 212 valence electrons. The van der Waals surface area contributed by atoms with E-state index >= 15 is 0 Å². The molecule has 5 aromatic rings. The first-order valence-corrected chi connectivity index (χ1v) is 13.1. The fraction of sp³-hybridized carbons (Fsp3) is 0.276. The molecular formula is C29H25F5N6O. The summed E-state index contributed by atoms with van der Waals surface area (Å²) >= 11 is 0. The van der Waals surface area contributed by atoms with Crippen LogP contribution in [0.15, 0.2) is 67.1 Å². The average Bonchev–Trinajstić information content (AvgIpc) is 3.48. The molecule has 7 nitrogen and oxygen atoms in total. The van der Waals surface area contributed by atoms with Gasteiger partial charge in [-0.2, -0.15) is 18.3 Å². The minimum absolute atomic E-state index is 0.0258. The topological polar surface area (TPSA) is 91.7 Å². The number of halogens is 5. The van der Waals surface area contributed by atoms with Crippen LogP contribution < -0.4 is 5.32 Å². The van der Waals surface area contributed by atoms with Crippen molar-refractivity contribution < 1.29 is 27.1 Å². The maximum Gasteiger partial charge on any atom is 0.435 e. The molecule has 41 heavy (non-hydrogen) atoms. The van der Waals surface area contributed by atoms with Crippen LogP contribution in [0.4, 0.5) is 22.0 Å². The van der Waals surface area contributed by atoms with Crippen LogP contribution in [0.3, 0.4) is 0 Å². The first kappa shape index (κ1) is 27.0. The number of benzene rings is 1. The number of nitrogens with zero attached hydrogens (tertiary/aromatic N) is 4. The van der Waals surface area contributed by atoms with Gasteiger partial charge >= 0.3 is 6.18 Å². The number of H-pyrrole nitrogens is 1. The van der Waals surface area contributed by atoms with Crippen molar-refractivity contribution in [2.45, 2.75) is 50.2 Å². The third-order valence-electron chi connectivity index (χ3n) is 7.08. The highest BCUT2D eigenvalue weighted by Gasteiger charge is 2.38.